The molecule has 33 heavy (non-hydrogen) atoms. The van der Waals surface area contributed by atoms with E-state index in [1.54, 1.807) is 0 Å². The van der Waals surface area contributed by atoms with Gasteiger partial charge in [-0.3, -0.25) is 4.79 Å². The van der Waals surface area contributed by atoms with Crippen molar-refractivity contribution in [1.82, 2.24) is 5.32 Å². The molecule has 1 aliphatic carbocycles. The molecule has 1 aromatic rings. The van der Waals surface area contributed by atoms with Crippen LogP contribution >= 0.6 is 0 Å². The molecule has 0 spiro atoms. The summed E-state index contributed by atoms with van der Waals surface area (Å²) in [7, 11) is 0. The van der Waals surface area contributed by atoms with Crippen molar-refractivity contribution in [2.24, 2.45) is 0 Å². The lowest BCUT2D eigenvalue weighted by Gasteiger charge is -2.48. The van der Waals surface area contributed by atoms with E-state index in [-0.39, 0.29) is 30.3 Å². The van der Waals surface area contributed by atoms with Crippen molar-refractivity contribution < 1.29 is 59.5 Å². The molecule has 3 heterocycles. The standard InChI is InChI=1S/C20H25NO12/c22-3-9-13(25)15(27)16(28)20(32-9)33-18-11-6(1-7(23)12(18)24)5-2-8-17(31-4-30-8)14(26)10(5)19(29)21-11/h2,6-7,9,11-13,15-16,18,20,22-28H,1,3-4H2,(H,21,29)/t6-,7+,9+,11-,12-,13+,15-,16+,18+,20-/m1/s1. The Labute approximate surface area is 186 Å². The van der Waals surface area contributed by atoms with Gasteiger partial charge in [-0.05, 0) is 18.1 Å². The highest BCUT2D eigenvalue weighted by Gasteiger charge is 2.53. The van der Waals surface area contributed by atoms with E-state index >= 15 is 0 Å². The summed E-state index contributed by atoms with van der Waals surface area (Å²) < 4.78 is 21.6. The Balaban J connectivity index is 1.48. The van der Waals surface area contributed by atoms with Gasteiger partial charge < -0.3 is 60.0 Å². The minimum absolute atomic E-state index is 0.00669. The van der Waals surface area contributed by atoms with Crippen LogP contribution in [0.5, 0.6) is 17.2 Å². The Kier molecular flexibility index (Phi) is 5.61. The highest BCUT2D eigenvalue weighted by molar-refractivity contribution is 6.01. The fourth-order valence-electron chi connectivity index (χ4n) is 5.01. The largest absolute Gasteiger partial charge is 0.504 e. The Bertz CT molecular complexity index is 940. The first-order chi connectivity index (χ1) is 15.7. The van der Waals surface area contributed by atoms with Gasteiger partial charge in [0.2, 0.25) is 12.5 Å². The summed E-state index contributed by atoms with van der Waals surface area (Å²) in [6.45, 7) is -0.811. The third kappa shape index (κ3) is 3.43. The zero-order valence-electron chi connectivity index (χ0n) is 17.1. The highest BCUT2D eigenvalue weighted by atomic mass is 16.7. The lowest BCUT2D eigenvalue weighted by atomic mass is 9.71. The fourth-order valence-corrected chi connectivity index (χ4v) is 5.01. The third-order valence-electron chi connectivity index (χ3n) is 6.75. The molecule has 8 N–H and O–H groups in total. The second-order valence-electron chi connectivity index (χ2n) is 8.62. The highest BCUT2D eigenvalue weighted by Crippen LogP contribution is 2.50. The lowest BCUT2D eigenvalue weighted by molar-refractivity contribution is -0.324. The molecule has 1 amide bonds. The number of phenols is 1. The summed E-state index contributed by atoms with van der Waals surface area (Å²) in [4.78, 5) is 12.9. The van der Waals surface area contributed by atoms with Crippen molar-refractivity contribution in [3.63, 3.8) is 0 Å². The molecule has 1 saturated heterocycles. The van der Waals surface area contributed by atoms with Gasteiger partial charge in [-0.1, -0.05) is 0 Å². The number of aliphatic hydroxyl groups is 6. The maximum absolute atomic E-state index is 12.9. The van der Waals surface area contributed by atoms with Crippen molar-refractivity contribution in [2.45, 2.75) is 67.4 Å². The monoisotopic (exact) mass is 471 g/mol. The third-order valence-corrected chi connectivity index (χ3v) is 6.75. The summed E-state index contributed by atoms with van der Waals surface area (Å²) in [5, 5.41) is 74.1. The maximum Gasteiger partial charge on any atom is 0.255 e. The molecular weight excluding hydrogens is 446 g/mol. The number of hydrogen-bond donors (Lipinski definition) is 8. The van der Waals surface area contributed by atoms with E-state index < -0.39 is 79.2 Å². The van der Waals surface area contributed by atoms with Gasteiger partial charge in [-0.25, -0.2) is 0 Å². The van der Waals surface area contributed by atoms with Crippen LogP contribution in [0.4, 0.5) is 0 Å². The van der Waals surface area contributed by atoms with Gasteiger partial charge in [-0.2, -0.15) is 0 Å². The van der Waals surface area contributed by atoms with E-state index in [4.69, 9.17) is 18.9 Å². The van der Waals surface area contributed by atoms with Gasteiger partial charge in [0.1, 0.15) is 36.6 Å². The first-order valence-corrected chi connectivity index (χ1v) is 10.5. The molecule has 2 fully saturated rings. The van der Waals surface area contributed by atoms with E-state index in [1.807, 2.05) is 0 Å². The van der Waals surface area contributed by atoms with Crippen LogP contribution in [-0.2, 0) is 9.47 Å². The predicted octanol–water partition coefficient (Wildman–Crippen LogP) is -3.37. The number of nitrogens with one attached hydrogen (secondary N) is 1. The second-order valence-corrected chi connectivity index (χ2v) is 8.62. The molecule has 10 atom stereocenters. The van der Waals surface area contributed by atoms with E-state index in [1.165, 1.54) is 6.07 Å². The molecule has 1 saturated carbocycles. The molecular formula is C20H25NO12. The molecule has 5 rings (SSSR count). The molecule has 0 bridgehead atoms. The number of ether oxygens (including phenoxy) is 4. The number of rotatable bonds is 3. The Morgan fingerprint density at radius 1 is 1.06 bits per heavy atom. The first kappa shape index (κ1) is 22.6. The lowest BCUT2D eigenvalue weighted by Crippen LogP contribution is -2.65. The second kappa shape index (κ2) is 8.21. The summed E-state index contributed by atoms with van der Waals surface area (Å²) in [5.74, 6) is -1.44. The number of carbonyl (C=O) groups is 1. The van der Waals surface area contributed by atoms with Gasteiger partial charge in [0.15, 0.2) is 17.8 Å². The number of carbonyl (C=O) groups excluding carboxylic acids is 1. The maximum atomic E-state index is 12.9. The van der Waals surface area contributed by atoms with Crippen LogP contribution in [0.2, 0.25) is 0 Å². The summed E-state index contributed by atoms with van der Waals surface area (Å²) >= 11 is 0. The molecule has 0 aromatic heterocycles. The van der Waals surface area contributed by atoms with E-state index in [0.717, 1.165) is 0 Å². The molecule has 4 aliphatic rings. The van der Waals surface area contributed by atoms with Crippen molar-refractivity contribution in [3.05, 3.63) is 17.2 Å². The molecule has 0 radical (unpaired) electrons. The number of amides is 1. The van der Waals surface area contributed by atoms with Crippen LogP contribution in [0, 0.1) is 0 Å². The van der Waals surface area contributed by atoms with Crippen molar-refractivity contribution >= 4 is 5.91 Å². The van der Waals surface area contributed by atoms with E-state index in [2.05, 4.69) is 5.32 Å². The smallest absolute Gasteiger partial charge is 0.255 e. The van der Waals surface area contributed by atoms with Gasteiger partial charge in [0, 0.05) is 5.92 Å². The number of aromatic hydroxyl groups is 1. The Hall–Kier alpha value is -2.23. The minimum atomic E-state index is -1.74. The first-order valence-electron chi connectivity index (χ1n) is 10.5. The van der Waals surface area contributed by atoms with Gasteiger partial charge in [0.05, 0.1) is 24.3 Å². The molecule has 13 nitrogen and oxygen atoms in total. The predicted molar refractivity (Wildman–Crippen MR) is 103 cm³/mol. The van der Waals surface area contributed by atoms with Gasteiger partial charge in [0.25, 0.3) is 5.91 Å². The molecule has 0 unspecified atom stereocenters. The topological polar surface area (TPSA) is 208 Å². The fraction of sp³-hybridized carbons (Fsp3) is 0.650. The van der Waals surface area contributed by atoms with Crippen LogP contribution in [-0.4, -0.2) is 110 Å². The van der Waals surface area contributed by atoms with Crippen molar-refractivity contribution in [3.8, 4) is 17.2 Å². The SMILES string of the molecule is O=C1N[C@H]2[C@H](O[C@H]3O[C@@H](CO)[C@H](O)[C@@H](O)[C@@H]3O)[C@H](O)[C@@H](O)C[C@@H]2c2cc3c(c(O)c21)OCO3. The zero-order valence-corrected chi connectivity index (χ0v) is 17.1. The van der Waals surface area contributed by atoms with Crippen molar-refractivity contribution in [1.29, 1.82) is 0 Å². The normalized spacial score (nSPS) is 41.8. The quantitative estimate of drug-likeness (QED) is 0.217. The van der Waals surface area contributed by atoms with Gasteiger partial charge >= 0.3 is 0 Å². The summed E-state index contributed by atoms with van der Waals surface area (Å²) in [5.41, 5.74) is 0.314. The van der Waals surface area contributed by atoms with Crippen molar-refractivity contribution in [2.75, 3.05) is 13.4 Å². The summed E-state index contributed by atoms with van der Waals surface area (Å²) in [6.07, 6.45) is -12.0. The molecule has 182 valence electrons. The Morgan fingerprint density at radius 3 is 2.55 bits per heavy atom. The zero-order chi connectivity index (χ0) is 23.6. The number of hydrogen-bond acceptors (Lipinski definition) is 12. The van der Waals surface area contributed by atoms with Gasteiger partial charge in [-0.15, -0.1) is 0 Å². The number of benzene rings is 1. The molecule has 3 aliphatic heterocycles. The van der Waals surface area contributed by atoms with Crippen LogP contribution < -0.4 is 14.8 Å². The van der Waals surface area contributed by atoms with Crippen LogP contribution in [0.25, 0.3) is 0 Å². The number of aliphatic hydroxyl groups excluding tert-OH is 6. The molecule has 13 heteroatoms. The number of fused-ring (bicyclic) bond motifs is 4. The van der Waals surface area contributed by atoms with Crippen LogP contribution in [0.15, 0.2) is 6.07 Å². The molecule has 1 aromatic carbocycles. The number of phenolic OH excluding ortho intramolecular Hbond substituents is 1. The summed E-state index contributed by atoms with van der Waals surface area (Å²) in [6, 6.07) is 0.610. The van der Waals surface area contributed by atoms with Crippen LogP contribution in [0.1, 0.15) is 28.3 Å². The average Bonchev–Trinajstić information content (AvgIpc) is 3.27. The van der Waals surface area contributed by atoms with E-state index in [9.17, 15) is 40.5 Å². The average molecular weight is 471 g/mol. The minimum Gasteiger partial charge on any atom is -0.504 e. The Morgan fingerprint density at radius 2 is 1.82 bits per heavy atom. The van der Waals surface area contributed by atoms with E-state index in [0.29, 0.717) is 5.56 Å². The van der Waals surface area contributed by atoms with Crippen LogP contribution in [0.3, 0.4) is 0 Å².